The van der Waals surface area contributed by atoms with Gasteiger partial charge in [0.25, 0.3) is 0 Å². The Balaban J connectivity index is 1.38. The molecule has 120 valence electrons. The third-order valence-corrected chi connectivity index (χ3v) is 7.16. The Kier molecular flexibility index (Phi) is 4.04. The van der Waals surface area contributed by atoms with Gasteiger partial charge in [0.05, 0.1) is 0 Å². The molecular weight excluding hydrogens is 256 g/mol. The molecule has 0 aromatic heterocycles. The predicted octanol–water partition coefficient (Wildman–Crippen LogP) is 3.67. The topological polar surface area (TPSA) is 15.3 Å². The summed E-state index contributed by atoms with van der Waals surface area (Å²) in [7, 11) is 0. The molecule has 2 heteroatoms. The fourth-order valence-electron chi connectivity index (χ4n) is 6.69. The van der Waals surface area contributed by atoms with Gasteiger partial charge in [-0.05, 0) is 101 Å². The van der Waals surface area contributed by atoms with E-state index >= 15 is 0 Å². The number of hydrogen-bond donors (Lipinski definition) is 1. The van der Waals surface area contributed by atoms with Gasteiger partial charge >= 0.3 is 0 Å². The number of rotatable bonds is 6. The van der Waals surface area contributed by atoms with Crippen LogP contribution >= 0.6 is 0 Å². The Morgan fingerprint density at radius 1 is 1.00 bits per heavy atom. The van der Waals surface area contributed by atoms with Gasteiger partial charge in [-0.2, -0.15) is 0 Å². The lowest BCUT2D eigenvalue weighted by atomic mass is 9.49. The Bertz CT molecular complexity index is 323. The van der Waals surface area contributed by atoms with Crippen LogP contribution in [-0.4, -0.2) is 37.1 Å². The molecule has 1 aliphatic heterocycles. The summed E-state index contributed by atoms with van der Waals surface area (Å²) in [6.07, 6.45) is 13.7. The Morgan fingerprint density at radius 3 is 2.19 bits per heavy atom. The van der Waals surface area contributed by atoms with E-state index in [0.717, 1.165) is 29.2 Å². The summed E-state index contributed by atoms with van der Waals surface area (Å²) < 4.78 is 0. The Labute approximate surface area is 131 Å². The molecule has 2 nitrogen and oxygen atoms in total. The summed E-state index contributed by atoms with van der Waals surface area (Å²) in [6, 6.07) is 0.832. The van der Waals surface area contributed by atoms with Crippen molar-refractivity contribution in [1.29, 1.82) is 0 Å². The smallest absolute Gasteiger partial charge is 0.0232 e. The molecule has 0 aromatic carbocycles. The highest BCUT2D eigenvalue weighted by molar-refractivity contribution is 5.01. The lowest BCUT2D eigenvalue weighted by Crippen LogP contribution is -2.48. The van der Waals surface area contributed by atoms with E-state index in [-0.39, 0.29) is 0 Å². The quantitative estimate of drug-likeness (QED) is 0.803. The fraction of sp³-hybridized carbons (Fsp3) is 1.00. The van der Waals surface area contributed by atoms with Gasteiger partial charge in [-0.1, -0.05) is 6.92 Å². The van der Waals surface area contributed by atoms with Crippen molar-refractivity contribution in [3.63, 3.8) is 0 Å². The maximum atomic E-state index is 3.56. The van der Waals surface area contributed by atoms with E-state index in [0.29, 0.717) is 0 Å². The molecule has 4 bridgehead atoms. The van der Waals surface area contributed by atoms with Crippen LogP contribution in [0.15, 0.2) is 0 Å². The molecule has 1 N–H and O–H groups in total. The summed E-state index contributed by atoms with van der Waals surface area (Å²) in [5.74, 6) is 3.34. The first-order valence-corrected chi connectivity index (χ1v) is 9.71. The van der Waals surface area contributed by atoms with Crippen molar-refractivity contribution in [1.82, 2.24) is 10.2 Å². The van der Waals surface area contributed by atoms with Crippen LogP contribution in [0.2, 0.25) is 0 Å². The molecule has 4 saturated carbocycles. The molecule has 5 fully saturated rings. The van der Waals surface area contributed by atoms with Gasteiger partial charge in [0, 0.05) is 12.6 Å². The average molecular weight is 290 g/mol. The minimum atomic E-state index is 0.771. The van der Waals surface area contributed by atoms with Crippen molar-refractivity contribution in [3.8, 4) is 0 Å². The van der Waals surface area contributed by atoms with E-state index in [2.05, 4.69) is 17.1 Å². The third-order valence-electron chi connectivity index (χ3n) is 7.16. The summed E-state index contributed by atoms with van der Waals surface area (Å²) in [4.78, 5) is 2.83. The minimum absolute atomic E-state index is 0.771. The lowest BCUT2D eigenvalue weighted by Gasteiger charge is -2.57. The van der Waals surface area contributed by atoms with Crippen LogP contribution in [0.4, 0.5) is 0 Å². The van der Waals surface area contributed by atoms with Crippen molar-refractivity contribution in [2.75, 3.05) is 26.2 Å². The molecular formula is C19H34N2. The van der Waals surface area contributed by atoms with Gasteiger partial charge in [0.1, 0.15) is 0 Å². The second-order valence-corrected chi connectivity index (χ2v) is 8.85. The molecule has 0 amide bonds. The van der Waals surface area contributed by atoms with E-state index in [1.54, 1.807) is 38.5 Å². The summed E-state index contributed by atoms with van der Waals surface area (Å²) in [6.45, 7) is 7.52. The standard InChI is InChI=1S/C19H34N2/c1-2-6-21(18-3-5-20-14-18)7-4-19-11-15-8-16(12-19)10-17(9-15)13-19/h15-18,20H,2-14H2,1H3. The monoisotopic (exact) mass is 290 g/mol. The summed E-state index contributed by atoms with van der Waals surface area (Å²) in [5.41, 5.74) is 0.771. The van der Waals surface area contributed by atoms with Gasteiger partial charge < -0.3 is 5.32 Å². The van der Waals surface area contributed by atoms with Crippen LogP contribution in [0.1, 0.15) is 64.7 Å². The van der Waals surface area contributed by atoms with Crippen molar-refractivity contribution < 1.29 is 0 Å². The molecule has 0 radical (unpaired) electrons. The zero-order valence-electron chi connectivity index (χ0n) is 13.9. The van der Waals surface area contributed by atoms with Gasteiger partial charge in [0.2, 0.25) is 0 Å². The first-order valence-electron chi connectivity index (χ1n) is 9.71. The van der Waals surface area contributed by atoms with Crippen molar-refractivity contribution in [2.24, 2.45) is 23.2 Å². The summed E-state index contributed by atoms with van der Waals surface area (Å²) >= 11 is 0. The van der Waals surface area contributed by atoms with Crippen LogP contribution in [0.25, 0.3) is 0 Å². The van der Waals surface area contributed by atoms with Crippen molar-refractivity contribution in [2.45, 2.75) is 70.8 Å². The first-order chi connectivity index (χ1) is 10.3. The molecule has 1 atom stereocenters. The second-order valence-electron chi connectivity index (χ2n) is 8.85. The van der Waals surface area contributed by atoms with Crippen LogP contribution in [0, 0.1) is 23.2 Å². The van der Waals surface area contributed by atoms with Gasteiger partial charge in [-0.25, -0.2) is 0 Å². The van der Waals surface area contributed by atoms with Crippen LogP contribution in [0.5, 0.6) is 0 Å². The molecule has 1 unspecified atom stereocenters. The maximum Gasteiger partial charge on any atom is 0.0232 e. The fourth-order valence-corrected chi connectivity index (χ4v) is 6.69. The highest BCUT2D eigenvalue weighted by Crippen LogP contribution is 2.61. The van der Waals surface area contributed by atoms with E-state index in [1.807, 2.05) is 0 Å². The van der Waals surface area contributed by atoms with E-state index < -0.39 is 0 Å². The van der Waals surface area contributed by atoms with Gasteiger partial charge in [0.15, 0.2) is 0 Å². The lowest BCUT2D eigenvalue weighted by molar-refractivity contribution is -0.0621. The molecule has 0 spiro atoms. The Hall–Kier alpha value is -0.0800. The normalized spacial score (nSPS) is 44.9. The molecule has 0 aromatic rings. The van der Waals surface area contributed by atoms with Crippen molar-refractivity contribution >= 4 is 0 Å². The highest BCUT2D eigenvalue weighted by Gasteiger charge is 2.50. The third kappa shape index (κ3) is 2.91. The average Bonchev–Trinajstić information content (AvgIpc) is 2.96. The number of nitrogens with one attached hydrogen (secondary N) is 1. The van der Waals surface area contributed by atoms with Crippen molar-refractivity contribution in [3.05, 3.63) is 0 Å². The number of nitrogens with zero attached hydrogens (tertiary/aromatic N) is 1. The molecule has 1 heterocycles. The van der Waals surface area contributed by atoms with E-state index in [4.69, 9.17) is 0 Å². The van der Waals surface area contributed by atoms with Crippen LogP contribution in [-0.2, 0) is 0 Å². The summed E-state index contributed by atoms with van der Waals surface area (Å²) in [5, 5.41) is 3.56. The zero-order chi connectivity index (χ0) is 14.3. The maximum absolute atomic E-state index is 3.56. The minimum Gasteiger partial charge on any atom is -0.315 e. The second kappa shape index (κ2) is 5.85. The molecule has 4 aliphatic carbocycles. The van der Waals surface area contributed by atoms with Crippen LogP contribution in [0.3, 0.4) is 0 Å². The SMILES string of the molecule is CCCN(CCC12CC3CC(CC(C3)C1)C2)C1CCNC1. The van der Waals surface area contributed by atoms with E-state index in [9.17, 15) is 0 Å². The largest absolute Gasteiger partial charge is 0.315 e. The Morgan fingerprint density at radius 2 is 1.67 bits per heavy atom. The molecule has 1 saturated heterocycles. The molecule has 5 rings (SSSR count). The predicted molar refractivity (Wildman–Crippen MR) is 88.4 cm³/mol. The van der Waals surface area contributed by atoms with Gasteiger partial charge in [-0.3, -0.25) is 4.90 Å². The first kappa shape index (κ1) is 14.5. The van der Waals surface area contributed by atoms with Gasteiger partial charge in [-0.15, -0.1) is 0 Å². The van der Waals surface area contributed by atoms with E-state index in [1.165, 1.54) is 45.4 Å². The molecule has 21 heavy (non-hydrogen) atoms. The molecule has 5 aliphatic rings. The zero-order valence-corrected chi connectivity index (χ0v) is 13.9. The highest BCUT2D eigenvalue weighted by atomic mass is 15.2. The number of hydrogen-bond acceptors (Lipinski definition) is 2. The van der Waals surface area contributed by atoms with Crippen LogP contribution < -0.4 is 5.32 Å².